The third-order valence-corrected chi connectivity index (χ3v) is 3.36. The van der Waals surface area contributed by atoms with Gasteiger partial charge in [-0.25, -0.2) is 0 Å². The van der Waals surface area contributed by atoms with E-state index in [0.717, 1.165) is 25.1 Å². The highest BCUT2D eigenvalue weighted by molar-refractivity contribution is 5.92. The first kappa shape index (κ1) is 15.7. The molecule has 1 amide bonds. The van der Waals surface area contributed by atoms with E-state index in [1.54, 1.807) is 6.07 Å². The van der Waals surface area contributed by atoms with Crippen LogP contribution >= 0.6 is 0 Å². The van der Waals surface area contributed by atoms with Crippen LogP contribution in [0.2, 0.25) is 0 Å². The molecule has 1 atom stereocenters. The average Bonchev–Trinajstić information content (AvgIpc) is 2.36. The number of primary amides is 1. The van der Waals surface area contributed by atoms with Gasteiger partial charge in [-0.3, -0.25) is 4.79 Å². The fraction of sp³-hybridized carbons (Fsp3) is 0.533. The first-order valence-electron chi connectivity index (χ1n) is 6.73. The Balaban J connectivity index is 2.50. The lowest BCUT2D eigenvalue weighted by molar-refractivity contribution is 0.1000. The molecule has 1 rings (SSSR count). The Kier molecular flexibility index (Phi) is 5.99. The highest BCUT2D eigenvalue weighted by Gasteiger charge is 2.09. The van der Waals surface area contributed by atoms with Crippen LogP contribution in [0.4, 0.5) is 0 Å². The first-order chi connectivity index (χ1) is 8.90. The van der Waals surface area contributed by atoms with Gasteiger partial charge in [0.05, 0.1) is 0 Å². The highest BCUT2D eigenvalue weighted by Crippen LogP contribution is 2.09. The van der Waals surface area contributed by atoms with Gasteiger partial charge >= 0.3 is 0 Å². The topological polar surface area (TPSA) is 72.3 Å². The summed E-state index contributed by atoms with van der Waals surface area (Å²) in [5, 5.41) is 0. The number of amides is 1. The van der Waals surface area contributed by atoms with Crippen molar-refractivity contribution in [3.8, 4) is 0 Å². The molecule has 0 aliphatic rings. The Morgan fingerprint density at radius 3 is 2.63 bits per heavy atom. The van der Waals surface area contributed by atoms with Gasteiger partial charge in [-0.2, -0.15) is 0 Å². The van der Waals surface area contributed by atoms with Crippen molar-refractivity contribution in [1.29, 1.82) is 0 Å². The number of nitrogens with two attached hydrogens (primary N) is 2. The molecule has 1 unspecified atom stereocenters. The summed E-state index contributed by atoms with van der Waals surface area (Å²) >= 11 is 0. The van der Waals surface area contributed by atoms with Crippen LogP contribution in [0.1, 0.15) is 36.2 Å². The fourth-order valence-corrected chi connectivity index (χ4v) is 1.92. The van der Waals surface area contributed by atoms with Gasteiger partial charge in [-0.15, -0.1) is 0 Å². The molecule has 0 aromatic heterocycles. The van der Waals surface area contributed by atoms with Crippen LogP contribution < -0.4 is 11.5 Å². The quantitative estimate of drug-likeness (QED) is 0.784. The number of hydrogen-bond acceptors (Lipinski definition) is 3. The van der Waals surface area contributed by atoms with E-state index in [2.05, 4.69) is 25.8 Å². The number of benzene rings is 1. The molecule has 0 saturated heterocycles. The van der Waals surface area contributed by atoms with Crippen LogP contribution in [0.5, 0.6) is 0 Å². The number of rotatable bonds is 7. The number of carbonyl (C=O) groups is 1. The minimum atomic E-state index is -0.383. The largest absolute Gasteiger partial charge is 0.366 e. The van der Waals surface area contributed by atoms with Gasteiger partial charge in [0.25, 0.3) is 0 Å². The number of nitrogens with zero attached hydrogens (tertiary/aromatic N) is 1. The van der Waals surface area contributed by atoms with Crippen molar-refractivity contribution in [2.75, 3.05) is 13.6 Å². The molecular weight excluding hydrogens is 238 g/mol. The Morgan fingerprint density at radius 1 is 1.37 bits per heavy atom. The molecule has 4 N–H and O–H groups in total. The molecule has 0 aliphatic heterocycles. The zero-order chi connectivity index (χ0) is 14.4. The zero-order valence-electron chi connectivity index (χ0n) is 12.1. The summed E-state index contributed by atoms with van der Waals surface area (Å²) in [7, 11) is 2.06. The van der Waals surface area contributed by atoms with Crippen molar-refractivity contribution in [3.63, 3.8) is 0 Å². The van der Waals surface area contributed by atoms with Gasteiger partial charge in [0.2, 0.25) is 5.91 Å². The smallest absolute Gasteiger partial charge is 0.248 e. The Labute approximate surface area is 115 Å². The minimum absolute atomic E-state index is 0.236. The summed E-state index contributed by atoms with van der Waals surface area (Å²) in [6.45, 7) is 6.02. The molecule has 19 heavy (non-hydrogen) atoms. The second kappa shape index (κ2) is 7.26. The summed E-state index contributed by atoms with van der Waals surface area (Å²) in [4.78, 5) is 13.3. The number of carbonyl (C=O) groups excluding carboxylic acids is 1. The van der Waals surface area contributed by atoms with Crippen LogP contribution in [0.3, 0.4) is 0 Å². The van der Waals surface area contributed by atoms with Crippen LogP contribution in [0.25, 0.3) is 0 Å². The van der Waals surface area contributed by atoms with Crippen LogP contribution in [0.15, 0.2) is 24.3 Å². The van der Waals surface area contributed by atoms with E-state index < -0.39 is 0 Å². The van der Waals surface area contributed by atoms with Gasteiger partial charge in [0.1, 0.15) is 0 Å². The van der Waals surface area contributed by atoms with Gasteiger partial charge in [0, 0.05) is 18.2 Å². The number of hydrogen-bond donors (Lipinski definition) is 2. The Morgan fingerprint density at radius 2 is 2.05 bits per heavy atom. The van der Waals surface area contributed by atoms with Crippen LogP contribution in [-0.2, 0) is 6.54 Å². The highest BCUT2D eigenvalue weighted by atomic mass is 16.1. The van der Waals surface area contributed by atoms with E-state index in [9.17, 15) is 4.79 Å². The van der Waals surface area contributed by atoms with E-state index in [1.807, 2.05) is 18.2 Å². The van der Waals surface area contributed by atoms with E-state index in [4.69, 9.17) is 11.5 Å². The van der Waals surface area contributed by atoms with E-state index in [0.29, 0.717) is 11.5 Å². The molecule has 0 heterocycles. The van der Waals surface area contributed by atoms with Crippen molar-refractivity contribution in [3.05, 3.63) is 35.4 Å². The SMILES string of the molecule is CC(C)C(N)CCN(C)Cc1cccc(C(N)=O)c1. The Bertz CT molecular complexity index is 418. The predicted molar refractivity (Wildman–Crippen MR) is 78.7 cm³/mol. The van der Waals surface area contributed by atoms with Crippen LogP contribution in [0, 0.1) is 5.92 Å². The molecule has 0 saturated carbocycles. The summed E-state index contributed by atoms with van der Waals surface area (Å²) in [6, 6.07) is 7.69. The van der Waals surface area contributed by atoms with Crippen molar-refractivity contribution in [1.82, 2.24) is 4.90 Å². The maximum absolute atomic E-state index is 11.1. The zero-order valence-corrected chi connectivity index (χ0v) is 12.1. The molecule has 0 spiro atoms. The maximum atomic E-state index is 11.1. The van der Waals surface area contributed by atoms with E-state index in [1.165, 1.54) is 0 Å². The first-order valence-corrected chi connectivity index (χ1v) is 6.73. The molecule has 1 aromatic carbocycles. The van der Waals surface area contributed by atoms with Crippen molar-refractivity contribution in [2.24, 2.45) is 17.4 Å². The predicted octanol–water partition coefficient (Wildman–Crippen LogP) is 1.59. The van der Waals surface area contributed by atoms with Gasteiger partial charge < -0.3 is 16.4 Å². The lowest BCUT2D eigenvalue weighted by atomic mass is 10.0. The van der Waals surface area contributed by atoms with Gasteiger partial charge in [-0.1, -0.05) is 26.0 Å². The standard InChI is InChI=1S/C15H25N3O/c1-11(2)14(16)7-8-18(3)10-12-5-4-6-13(9-12)15(17)19/h4-6,9,11,14H,7-8,10,16H2,1-3H3,(H2,17,19). The van der Waals surface area contributed by atoms with Crippen LogP contribution in [-0.4, -0.2) is 30.4 Å². The lowest BCUT2D eigenvalue weighted by Crippen LogP contribution is -2.31. The molecule has 4 heteroatoms. The van der Waals surface area contributed by atoms with E-state index >= 15 is 0 Å². The van der Waals surface area contributed by atoms with E-state index in [-0.39, 0.29) is 11.9 Å². The molecule has 0 bridgehead atoms. The second-order valence-corrected chi connectivity index (χ2v) is 5.50. The van der Waals surface area contributed by atoms with Crippen molar-refractivity contribution >= 4 is 5.91 Å². The molecule has 1 aromatic rings. The summed E-state index contributed by atoms with van der Waals surface area (Å²) in [5.74, 6) is 0.123. The molecule has 4 nitrogen and oxygen atoms in total. The molecule has 0 fully saturated rings. The average molecular weight is 263 g/mol. The normalized spacial score (nSPS) is 12.9. The van der Waals surface area contributed by atoms with Crippen molar-refractivity contribution < 1.29 is 4.79 Å². The summed E-state index contributed by atoms with van der Waals surface area (Å²) in [6.07, 6.45) is 0.976. The molecule has 106 valence electrons. The second-order valence-electron chi connectivity index (χ2n) is 5.50. The minimum Gasteiger partial charge on any atom is -0.366 e. The third-order valence-electron chi connectivity index (χ3n) is 3.36. The molecule has 0 aliphatic carbocycles. The molecular formula is C15H25N3O. The lowest BCUT2D eigenvalue weighted by Gasteiger charge is -2.21. The van der Waals surface area contributed by atoms with Gasteiger partial charge in [0.15, 0.2) is 0 Å². The summed E-state index contributed by atoms with van der Waals surface area (Å²) < 4.78 is 0. The summed E-state index contributed by atoms with van der Waals surface area (Å²) in [5.41, 5.74) is 13.0. The fourth-order valence-electron chi connectivity index (χ4n) is 1.92. The van der Waals surface area contributed by atoms with Crippen molar-refractivity contribution in [2.45, 2.75) is 32.9 Å². The molecule has 0 radical (unpaired) electrons. The Hall–Kier alpha value is -1.39. The maximum Gasteiger partial charge on any atom is 0.248 e. The van der Waals surface area contributed by atoms with Gasteiger partial charge in [-0.05, 0) is 43.6 Å². The monoisotopic (exact) mass is 263 g/mol. The third kappa shape index (κ3) is 5.41.